The van der Waals surface area contributed by atoms with Gasteiger partial charge >= 0.3 is 0 Å². The van der Waals surface area contributed by atoms with E-state index in [0.717, 1.165) is 27.7 Å². The summed E-state index contributed by atoms with van der Waals surface area (Å²) in [5, 5.41) is 1.01. The van der Waals surface area contributed by atoms with Crippen molar-refractivity contribution in [3.63, 3.8) is 0 Å². The van der Waals surface area contributed by atoms with E-state index in [9.17, 15) is 0 Å². The van der Waals surface area contributed by atoms with Crippen molar-refractivity contribution < 1.29 is 0 Å². The monoisotopic (exact) mass is 342 g/mol. The van der Waals surface area contributed by atoms with Crippen molar-refractivity contribution in [3.8, 4) is 0 Å². The number of fused-ring (bicyclic) bond motifs is 1. The van der Waals surface area contributed by atoms with Crippen LogP contribution in [-0.2, 0) is 6.54 Å². The van der Waals surface area contributed by atoms with E-state index in [1.54, 1.807) is 6.33 Å². The Balaban J connectivity index is 1.94. The first-order valence-corrected chi connectivity index (χ1v) is 7.38. The number of rotatable bonds is 3. The maximum atomic E-state index is 5.81. The number of nitrogens with zero attached hydrogens (tertiary/aromatic N) is 3. The van der Waals surface area contributed by atoms with E-state index >= 15 is 0 Å². The maximum Gasteiger partial charge on any atom is 0.139 e. The Bertz CT molecular complexity index is 771. The molecule has 0 aliphatic rings. The summed E-state index contributed by atoms with van der Waals surface area (Å²) < 4.78 is 1.08. The Morgan fingerprint density at radius 3 is 2.62 bits per heavy atom. The number of hydrogen-bond acceptors (Lipinski definition) is 4. The van der Waals surface area contributed by atoms with Crippen LogP contribution in [-0.4, -0.2) is 17.0 Å². The quantitative estimate of drug-likeness (QED) is 0.738. The summed E-state index contributed by atoms with van der Waals surface area (Å²) in [5.41, 5.74) is 8.61. The SMILES string of the molecule is CN(Cc1ccc(Br)cc1)c1ncnc2cc(N)ccc12. The van der Waals surface area contributed by atoms with Gasteiger partial charge in [-0.2, -0.15) is 0 Å². The molecule has 0 radical (unpaired) electrons. The van der Waals surface area contributed by atoms with Crippen LogP contribution in [0.3, 0.4) is 0 Å². The number of nitrogens with two attached hydrogens (primary N) is 1. The number of halogens is 1. The predicted octanol–water partition coefficient (Wildman–Crippen LogP) is 3.61. The summed E-state index contributed by atoms with van der Waals surface area (Å²) >= 11 is 3.45. The van der Waals surface area contributed by atoms with Gasteiger partial charge in [0.25, 0.3) is 0 Å². The van der Waals surface area contributed by atoms with Crippen molar-refractivity contribution in [2.45, 2.75) is 6.54 Å². The summed E-state index contributed by atoms with van der Waals surface area (Å²) in [6.07, 6.45) is 1.58. The first kappa shape index (κ1) is 13.8. The molecule has 0 aliphatic heterocycles. The molecular formula is C16H15BrN4. The first-order valence-electron chi connectivity index (χ1n) is 6.59. The van der Waals surface area contributed by atoms with Gasteiger partial charge in [0.2, 0.25) is 0 Å². The van der Waals surface area contributed by atoms with Crippen LogP contribution in [0.5, 0.6) is 0 Å². The van der Waals surface area contributed by atoms with Gasteiger partial charge in [0.05, 0.1) is 5.52 Å². The first-order chi connectivity index (χ1) is 10.1. The highest BCUT2D eigenvalue weighted by molar-refractivity contribution is 9.10. The van der Waals surface area contributed by atoms with Gasteiger partial charge in [-0.1, -0.05) is 28.1 Å². The van der Waals surface area contributed by atoms with Crippen LogP contribution >= 0.6 is 15.9 Å². The van der Waals surface area contributed by atoms with Crippen molar-refractivity contribution in [3.05, 3.63) is 58.8 Å². The summed E-state index contributed by atoms with van der Waals surface area (Å²) in [5.74, 6) is 0.905. The molecule has 0 saturated heterocycles. The third-order valence-electron chi connectivity index (χ3n) is 3.33. The average molecular weight is 343 g/mol. The summed E-state index contributed by atoms with van der Waals surface area (Å²) in [7, 11) is 2.03. The molecule has 4 nitrogen and oxygen atoms in total. The number of benzene rings is 2. The topological polar surface area (TPSA) is 55.0 Å². The highest BCUT2D eigenvalue weighted by Crippen LogP contribution is 2.25. The van der Waals surface area contributed by atoms with E-state index in [1.807, 2.05) is 37.4 Å². The van der Waals surface area contributed by atoms with Gasteiger partial charge in [-0.05, 0) is 35.9 Å². The second-order valence-electron chi connectivity index (χ2n) is 4.96. The minimum absolute atomic E-state index is 0.711. The molecule has 2 aromatic carbocycles. The molecule has 5 heteroatoms. The van der Waals surface area contributed by atoms with Gasteiger partial charge in [0.15, 0.2) is 0 Å². The fourth-order valence-corrected chi connectivity index (χ4v) is 2.57. The van der Waals surface area contributed by atoms with Crippen LogP contribution in [0.25, 0.3) is 10.9 Å². The molecule has 0 atom stereocenters. The number of anilines is 2. The molecule has 1 aromatic heterocycles. The average Bonchev–Trinajstić information content (AvgIpc) is 2.48. The summed E-state index contributed by atoms with van der Waals surface area (Å²) in [6, 6.07) is 14.0. The number of nitrogen functional groups attached to an aromatic ring is 1. The highest BCUT2D eigenvalue weighted by atomic mass is 79.9. The smallest absolute Gasteiger partial charge is 0.139 e. The zero-order chi connectivity index (χ0) is 14.8. The molecule has 3 rings (SSSR count). The molecule has 2 N–H and O–H groups in total. The normalized spacial score (nSPS) is 10.8. The van der Waals surface area contributed by atoms with Gasteiger partial charge in [0.1, 0.15) is 12.1 Å². The fraction of sp³-hybridized carbons (Fsp3) is 0.125. The summed E-state index contributed by atoms with van der Waals surface area (Å²) in [4.78, 5) is 10.8. The number of aromatic nitrogens is 2. The lowest BCUT2D eigenvalue weighted by molar-refractivity contribution is 0.900. The van der Waals surface area contributed by atoms with Crippen LogP contribution in [0.2, 0.25) is 0 Å². The Morgan fingerprint density at radius 1 is 1.10 bits per heavy atom. The Morgan fingerprint density at radius 2 is 1.86 bits per heavy atom. The lowest BCUT2D eigenvalue weighted by Crippen LogP contribution is -2.18. The second kappa shape index (κ2) is 5.69. The Labute approximate surface area is 131 Å². The molecule has 0 aliphatic carbocycles. The fourth-order valence-electron chi connectivity index (χ4n) is 2.30. The van der Waals surface area contributed by atoms with Crippen molar-refractivity contribution in [1.82, 2.24) is 9.97 Å². The Hall–Kier alpha value is -2.14. The van der Waals surface area contributed by atoms with Crippen molar-refractivity contribution in [2.75, 3.05) is 17.7 Å². The molecule has 1 heterocycles. The molecule has 0 amide bonds. The van der Waals surface area contributed by atoms with Crippen LogP contribution in [0.4, 0.5) is 11.5 Å². The molecule has 21 heavy (non-hydrogen) atoms. The van der Waals surface area contributed by atoms with Gasteiger partial charge in [-0.15, -0.1) is 0 Å². The molecule has 0 unspecified atom stereocenters. The van der Waals surface area contributed by atoms with Gasteiger partial charge < -0.3 is 10.6 Å². The van der Waals surface area contributed by atoms with Crippen LogP contribution < -0.4 is 10.6 Å². The third kappa shape index (κ3) is 2.97. The minimum Gasteiger partial charge on any atom is -0.399 e. The highest BCUT2D eigenvalue weighted by Gasteiger charge is 2.09. The molecule has 106 valence electrons. The Kier molecular flexibility index (Phi) is 3.75. The van der Waals surface area contributed by atoms with Crippen LogP contribution in [0.15, 0.2) is 53.3 Å². The largest absolute Gasteiger partial charge is 0.399 e. The number of hydrogen-bond donors (Lipinski definition) is 1. The zero-order valence-electron chi connectivity index (χ0n) is 11.6. The predicted molar refractivity (Wildman–Crippen MR) is 90.2 cm³/mol. The van der Waals surface area contributed by atoms with Crippen molar-refractivity contribution >= 4 is 38.3 Å². The van der Waals surface area contributed by atoms with E-state index in [-0.39, 0.29) is 0 Å². The lowest BCUT2D eigenvalue weighted by Gasteiger charge is -2.19. The maximum absolute atomic E-state index is 5.81. The van der Waals surface area contributed by atoms with Crippen LogP contribution in [0.1, 0.15) is 5.56 Å². The lowest BCUT2D eigenvalue weighted by atomic mass is 10.2. The third-order valence-corrected chi connectivity index (χ3v) is 3.86. The molecule has 0 saturated carbocycles. The van der Waals surface area contributed by atoms with Gasteiger partial charge in [-0.3, -0.25) is 0 Å². The molecular weight excluding hydrogens is 328 g/mol. The molecule has 0 fully saturated rings. The van der Waals surface area contributed by atoms with Gasteiger partial charge in [0, 0.05) is 29.1 Å². The van der Waals surface area contributed by atoms with E-state index in [0.29, 0.717) is 5.69 Å². The van der Waals surface area contributed by atoms with Gasteiger partial charge in [-0.25, -0.2) is 9.97 Å². The van der Waals surface area contributed by atoms with Crippen LogP contribution in [0, 0.1) is 0 Å². The zero-order valence-corrected chi connectivity index (χ0v) is 13.2. The van der Waals surface area contributed by atoms with E-state index in [1.165, 1.54) is 5.56 Å². The van der Waals surface area contributed by atoms with Crippen molar-refractivity contribution in [1.29, 1.82) is 0 Å². The standard InChI is InChI=1S/C16H15BrN4/c1-21(9-11-2-4-12(17)5-3-11)16-14-7-6-13(18)8-15(14)19-10-20-16/h2-8,10H,9,18H2,1H3. The van der Waals surface area contributed by atoms with E-state index < -0.39 is 0 Å². The summed E-state index contributed by atoms with van der Waals surface area (Å²) in [6.45, 7) is 0.782. The minimum atomic E-state index is 0.711. The second-order valence-corrected chi connectivity index (χ2v) is 5.87. The molecule has 0 spiro atoms. The van der Waals surface area contributed by atoms with Crippen molar-refractivity contribution in [2.24, 2.45) is 0 Å². The molecule has 3 aromatic rings. The van der Waals surface area contributed by atoms with E-state index in [4.69, 9.17) is 5.73 Å². The molecule has 0 bridgehead atoms. The van der Waals surface area contributed by atoms with E-state index in [2.05, 4.69) is 42.9 Å².